The minimum Gasteiger partial charge on any atom is -0.462 e. The smallest absolute Gasteiger partial charge is 0.306 e. The van der Waals surface area contributed by atoms with Crippen LogP contribution in [0.1, 0.15) is 65.2 Å². The van der Waals surface area contributed by atoms with E-state index in [1.54, 1.807) is 0 Å². The Kier molecular flexibility index (Phi) is 3.69. The van der Waals surface area contributed by atoms with E-state index in [9.17, 15) is 9.59 Å². The van der Waals surface area contributed by atoms with E-state index in [2.05, 4.69) is 6.92 Å². The first-order valence-corrected chi connectivity index (χ1v) is 9.36. The molecular formula is C19H28O4. The average molecular weight is 320 g/mol. The van der Waals surface area contributed by atoms with Crippen molar-refractivity contribution in [1.82, 2.24) is 0 Å². The van der Waals surface area contributed by atoms with E-state index in [1.807, 2.05) is 0 Å². The van der Waals surface area contributed by atoms with Crippen molar-refractivity contribution in [3.63, 3.8) is 0 Å². The molecule has 128 valence electrons. The molecule has 4 aliphatic rings. The van der Waals surface area contributed by atoms with Crippen molar-refractivity contribution in [2.45, 2.75) is 77.4 Å². The van der Waals surface area contributed by atoms with Gasteiger partial charge in [0.15, 0.2) is 0 Å². The molecule has 1 saturated heterocycles. The summed E-state index contributed by atoms with van der Waals surface area (Å²) in [7, 11) is 0. The van der Waals surface area contributed by atoms with Crippen LogP contribution in [-0.4, -0.2) is 24.1 Å². The fourth-order valence-corrected chi connectivity index (χ4v) is 6.51. The number of esters is 2. The summed E-state index contributed by atoms with van der Waals surface area (Å²) >= 11 is 0. The minimum atomic E-state index is -0.137. The van der Waals surface area contributed by atoms with Crippen LogP contribution in [0.4, 0.5) is 0 Å². The lowest BCUT2D eigenvalue weighted by molar-refractivity contribution is -0.174. The number of hydrogen-bond donors (Lipinski definition) is 0. The molecule has 3 aliphatic carbocycles. The van der Waals surface area contributed by atoms with Crippen LogP contribution in [0.15, 0.2) is 0 Å². The van der Waals surface area contributed by atoms with Gasteiger partial charge in [0.05, 0.1) is 0 Å². The first-order valence-electron chi connectivity index (χ1n) is 9.36. The molecule has 0 spiro atoms. The van der Waals surface area contributed by atoms with E-state index in [0.29, 0.717) is 24.2 Å². The van der Waals surface area contributed by atoms with Gasteiger partial charge in [-0.1, -0.05) is 6.92 Å². The largest absolute Gasteiger partial charge is 0.462 e. The van der Waals surface area contributed by atoms with Gasteiger partial charge in [-0.3, -0.25) is 9.59 Å². The first-order chi connectivity index (χ1) is 11.0. The average Bonchev–Trinajstić information content (AvgIpc) is 2.83. The van der Waals surface area contributed by atoms with Gasteiger partial charge in [-0.25, -0.2) is 0 Å². The number of fused-ring (bicyclic) bond motifs is 5. The maximum atomic E-state index is 11.6. The normalized spacial score (nSPS) is 48.7. The van der Waals surface area contributed by atoms with Crippen molar-refractivity contribution in [2.24, 2.45) is 29.1 Å². The maximum absolute atomic E-state index is 11.6. The van der Waals surface area contributed by atoms with Gasteiger partial charge in [0.2, 0.25) is 0 Å². The molecule has 7 atom stereocenters. The molecule has 0 unspecified atom stereocenters. The Morgan fingerprint density at radius 1 is 1.09 bits per heavy atom. The summed E-state index contributed by atoms with van der Waals surface area (Å²) in [6.45, 7) is 3.88. The predicted molar refractivity (Wildman–Crippen MR) is 84.4 cm³/mol. The summed E-state index contributed by atoms with van der Waals surface area (Å²) in [5, 5.41) is 0. The lowest BCUT2D eigenvalue weighted by Crippen LogP contribution is -2.52. The van der Waals surface area contributed by atoms with Crippen molar-refractivity contribution < 1.29 is 19.1 Å². The third-order valence-electron chi connectivity index (χ3n) is 7.49. The summed E-state index contributed by atoms with van der Waals surface area (Å²) in [6, 6.07) is 0. The van der Waals surface area contributed by atoms with Crippen molar-refractivity contribution in [3.8, 4) is 0 Å². The van der Waals surface area contributed by atoms with Gasteiger partial charge >= 0.3 is 11.9 Å². The first kappa shape index (κ1) is 15.5. The van der Waals surface area contributed by atoms with Gasteiger partial charge in [0.1, 0.15) is 12.2 Å². The SMILES string of the molecule is CC(=O)O[C@@H]1CC[C@H]2[C@H]3CC[C@H]4OC(=O)CC[C@@H]4[C@@H]3CC[C@]12C. The molecule has 4 fully saturated rings. The molecule has 0 bridgehead atoms. The van der Waals surface area contributed by atoms with Gasteiger partial charge in [0.25, 0.3) is 0 Å². The van der Waals surface area contributed by atoms with Crippen LogP contribution < -0.4 is 0 Å². The monoisotopic (exact) mass is 320 g/mol. The van der Waals surface area contributed by atoms with Gasteiger partial charge < -0.3 is 9.47 Å². The van der Waals surface area contributed by atoms with E-state index in [0.717, 1.165) is 31.6 Å². The molecule has 4 rings (SSSR count). The van der Waals surface area contributed by atoms with Crippen LogP contribution in [0.3, 0.4) is 0 Å². The molecule has 0 aromatic carbocycles. The molecule has 1 aliphatic heterocycles. The van der Waals surface area contributed by atoms with Crippen LogP contribution in [-0.2, 0) is 19.1 Å². The van der Waals surface area contributed by atoms with Crippen molar-refractivity contribution in [1.29, 1.82) is 0 Å². The van der Waals surface area contributed by atoms with E-state index in [1.165, 1.54) is 26.2 Å². The summed E-state index contributed by atoms with van der Waals surface area (Å²) in [5.74, 6) is 2.54. The van der Waals surface area contributed by atoms with Crippen molar-refractivity contribution in [3.05, 3.63) is 0 Å². The summed E-state index contributed by atoms with van der Waals surface area (Å²) in [5.41, 5.74) is 0.158. The lowest BCUT2D eigenvalue weighted by Gasteiger charge is -2.54. The summed E-state index contributed by atoms with van der Waals surface area (Å²) in [4.78, 5) is 23.0. The zero-order valence-corrected chi connectivity index (χ0v) is 14.3. The van der Waals surface area contributed by atoms with Crippen molar-refractivity contribution >= 4 is 11.9 Å². The number of carbonyl (C=O) groups is 2. The van der Waals surface area contributed by atoms with Gasteiger partial charge in [-0.15, -0.1) is 0 Å². The van der Waals surface area contributed by atoms with E-state index >= 15 is 0 Å². The van der Waals surface area contributed by atoms with Crippen molar-refractivity contribution in [2.75, 3.05) is 0 Å². The highest BCUT2D eigenvalue weighted by Gasteiger charge is 2.58. The van der Waals surface area contributed by atoms with E-state index in [-0.39, 0.29) is 29.6 Å². The Bertz CT molecular complexity index is 515. The Morgan fingerprint density at radius 3 is 2.70 bits per heavy atom. The second kappa shape index (κ2) is 5.49. The molecule has 0 radical (unpaired) electrons. The van der Waals surface area contributed by atoms with Crippen LogP contribution in [0, 0.1) is 29.1 Å². The highest BCUT2D eigenvalue weighted by Crippen LogP contribution is 2.61. The number of hydrogen-bond acceptors (Lipinski definition) is 4. The molecule has 0 N–H and O–H groups in total. The van der Waals surface area contributed by atoms with Crippen LogP contribution in [0.5, 0.6) is 0 Å². The molecule has 4 nitrogen and oxygen atoms in total. The topological polar surface area (TPSA) is 52.6 Å². The second-order valence-electron chi connectivity index (χ2n) is 8.46. The summed E-state index contributed by atoms with van der Waals surface area (Å²) < 4.78 is 11.3. The molecule has 0 aromatic heterocycles. The number of rotatable bonds is 1. The molecule has 1 heterocycles. The van der Waals surface area contributed by atoms with Gasteiger partial charge in [0, 0.05) is 18.8 Å². The number of carbonyl (C=O) groups excluding carboxylic acids is 2. The quantitative estimate of drug-likeness (QED) is 0.694. The van der Waals surface area contributed by atoms with Gasteiger partial charge in [-0.05, 0) is 68.6 Å². The third-order valence-corrected chi connectivity index (χ3v) is 7.49. The van der Waals surface area contributed by atoms with E-state index < -0.39 is 0 Å². The zero-order chi connectivity index (χ0) is 16.2. The Balaban J connectivity index is 1.53. The summed E-state index contributed by atoms with van der Waals surface area (Å²) in [6.07, 6.45) is 8.65. The molecule has 4 heteroatoms. The molecular weight excluding hydrogens is 292 g/mol. The fraction of sp³-hybridized carbons (Fsp3) is 0.895. The van der Waals surface area contributed by atoms with Crippen LogP contribution >= 0.6 is 0 Å². The Hall–Kier alpha value is -1.06. The molecule has 3 saturated carbocycles. The second-order valence-corrected chi connectivity index (χ2v) is 8.46. The Morgan fingerprint density at radius 2 is 1.91 bits per heavy atom. The standard InChI is InChI=1S/C19H28O4/c1-11(20)22-17-7-5-15-13-3-6-16-14(4-8-18(21)23-16)12(13)9-10-19(15,17)2/h12-17H,3-10H2,1-2H3/t12-,13+,14-,15+,16-,17-,19+/m1/s1. The van der Waals surface area contributed by atoms with Gasteiger partial charge in [-0.2, -0.15) is 0 Å². The zero-order valence-electron chi connectivity index (χ0n) is 14.3. The Labute approximate surface area is 138 Å². The van der Waals surface area contributed by atoms with Crippen LogP contribution in [0.25, 0.3) is 0 Å². The highest BCUT2D eigenvalue weighted by atomic mass is 16.5. The molecule has 23 heavy (non-hydrogen) atoms. The molecule has 0 amide bonds. The predicted octanol–water partition coefficient (Wildman–Crippen LogP) is 3.48. The fourth-order valence-electron chi connectivity index (χ4n) is 6.51. The van der Waals surface area contributed by atoms with E-state index in [4.69, 9.17) is 9.47 Å². The lowest BCUT2D eigenvalue weighted by atomic mass is 9.53. The minimum absolute atomic E-state index is 0.00105. The van der Waals surface area contributed by atoms with Crippen LogP contribution in [0.2, 0.25) is 0 Å². The third kappa shape index (κ3) is 2.40. The molecule has 0 aromatic rings. The maximum Gasteiger partial charge on any atom is 0.306 e. The highest BCUT2D eigenvalue weighted by molar-refractivity contribution is 5.70. The number of ether oxygens (including phenoxy) is 2.